The number of hydrogen-bond donors (Lipinski definition) is 1. The summed E-state index contributed by atoms with van der Waals surface area (Å²) in [5, 5.41) is 4.08. The molecule has 0 bridgehead atoms. The van der Waals surface area contributed by atoms with Crippen molar-refractivity contribution in [3.05, 3.63) is 18.0 Å². The fourth-order valence-corrected chi connectivity index (χ4v) is 1.25. The van der Waals surface area contributed by atoms with Crippen LogP contribution in [0.15, 0.2) is 12.3 Å². The summed E-state index contributed by atoms with van der Waals surface area (Å²) < 4.78 is 1.96. The Bertz CT molecular complexity index is 200. The standard InChI is InChI=1S/C6H9N3.ClH/c7-5-3-6-1-2-8-9(6)4-5;/h1-2,5H,3-4,7H2;1H. The van der Waals surface area contributed by atoms with E-state index >= 15 is 0 Å². The van der Waals surface area contributed by atoms with Crippen molar-refractivity contribution in [3.8, 4) is 0 Å². The van der Waals surface area contributed by atoms with Crippen LogP contribution in [0.25, 0.3) is 0 Å². The first kappa shape index (κ1) is 7.57. The highest BCUT2D eigenvalue weighted by Gasteiger charge is 2.16. The van der Waals surface area contributed by atoms with Crippen molar-refractivity contribution in [2.75, 3.05) is 0 Å². The van der Waals surface area contributed by atoms with Gasteiger partial charge >= 0.3 is 0 Å². The van der Waals surface area contributed by atoms with Crippen molar-refractivity contribution in [2.45, 2.75) is 19.0 Å². The molecule has 0 aliphatic carbocycles. The van der Waals surface area contributed by atoms with Gasteiger partial charge in [-0.25, -0.2) is 0 Å². The van der Waals surface area contributed by atoms with Crippen LogP contribution in [0.5, 0.6) is 0 Å². The summed E-state index contributed by atoms with van der Waals surface area (Å²) in [6, 6.07) is 2.32. The van der Waals surface area contributed by atoms with Gasteiger partial charge in [-0.05, 0) is 6.07 Å². The number of hydrogen-bond acceptors (Lipinski definition) is 2. The smallest absolute Gasteiger partial charge is 0.0567 e. The molecule has 56 valence electrons. The molecule has 0 radical (unpaired) electrons. The summed E-state index contributed by atoms with van der Waals surface area (Å²) in [6.45, 7) is 0.891. The third-order valence-corrected chi connectivity index (χ3v) is 1.68. The van der Waals surface area contributed by atoms with Crippen LogP contribution < -0.4 is 5.73 Å². The Labute approximate surface area is 65.6 Å². The lowest BCUT2D eigenvalue weighted by Crippen LogP contribution is -2.20. The Morgan fingerprint density at radius 2 is 2.50 bits per heavy atom. The van der Waals surface area contributed by atoms with E-state index in [-0.39, 0.29) is 12.4 Å². The van der Waals surface area contributed by atoms with E-state index in [0.29, 0.717) is 6.04 Å². The first-order valence-electron chi connectivity index (χ1n) is 3.12. The van der Waals surface area contributed by atoms with Crippen LogP contribution in [0.3, 0.4) is 0 Å². The van der Waals surface area contributed by atoms with Gasteiger partial charge in [0.25, 0.3) is 0 Å². The summed E-state index contributed by atoms with van der Waals surface area (Å²) in [4.78, 5) is 0. The summed E-state index contributed by atoms with van der Waals surface area (Å²) in [6.07, 6.45) is 2.81. The highest BCUT2D eigenvalue weighted by molar-refractivity contribution is 5.85. The zero-order valence-corrected chi connectivity index (χ0v) is 6.34. The molecule has 0 saturated heterocycles. The molecule has 0 amide bonds. The van der Waals surface area contributed by atoms with Gasteiger partial charge in [-0.1, -0.05) is 0 Å². The molecule has 0 fully saturated rings. The SMILES string of the molecule is Cl.NC1Cc2ccnn2C1. The largest absolute Gasteiger partial charge is 0.326 e. The molecule has 2 N–H and O–H groups in total. The minimum Gasteiger partial charge on any atom is -0.326 e. The van der Waals surface area contributed by atoms with Gasteiger partial charge in [0.2, 0.25) is 0 Å². The molecule has 0 spiro atoms. The Morgan fingerprint density at radius 1 is 1.70 bits per heavy atom. The van der Waals surface area contributed by atoms with Crippen LogP contribution in [0.1, 0.15) is 5.69 Å². The lowest BCUT2D eigenvalue weighted by atomic mass is 10.2. The molecule has 1 atom stereocenters. The number of halogens is 1. The molecule has 1 aliphatic heterocycles. The number of rotatable bonds is 0. The van der Waals surface area contributed by atoms with Crippen LogP contribution in [-0.4, -0.2) is 15.8 Å². The average Bonchev–Trinajstić information content (AvgIpc) is 2.22. The van der Waals surface area contributed by atoms with E-state index in [2.05, 4.69) is 5.10 Å². The summed E-state index contributed by atoms with van der Waals surface area (Å²) in [5.41, 5.74) is 6.93. The first-order valence-corrected chi connectivity index (χ1v) is 3.12. The maximum atomic E-state index is 5.67. The number of nitrogens with zero attached hydrogens (tertiary/aromatic N) is 2. The van der Waals surface area contributed by atoms with E-state index in [4.69, 9.17) is 5.73 Å². The molecular formula is C6H10ClN3. The van der Waals surface area contributed by atoms with Gasteiger partial charge in [-0.2, -0.15) is 5.10 Å². The Morgan fingerprint density at radius 3 is 3.20 bits per heavy atom. The Hall–Kier alpha value is -0.540. The second-order valence-electron chi connectivity index (χ2n) is 2.47. The van der Waals surface area contributed by atoms with E-state index in [9.17, 15) is 0 Å². The highest BCUT2D eigenvalue weighted by Crippen LogP contribution is 2.10. The van der Waals surface area contributed by atoms with Gasteiger partial charge in [0.15, 0.2) is 0 Å². The summed E-state index contributed by atoms with van der Waals surface area (Å²) >= 11 is 0. The van der Waals surface area contributed by atoms with Gasteiger partial charge in [0.1, 0.15) is 0 Å². The second-order valence-corrected chi connectivity index (χ2v) is 2.47. The lowest BCUT2D eigenvalue weighted by molar-refractivity contribution is 0.590. The molecule has 0 saturated carbocycles. The minimum absolute atomic E-state index is 0. The van der Waals surface area contributed by atoms with Crippen LogP contribution >= 0.6 is 12.4 Å². The van der Waals surface area contributed by atoms with Crippen LogP contribution in [0, 0.1) is 0 Å². The molecule has 4 heteroatoms. The lowest BCUT2D eigenvalue weighted by Gasteiger charge is -1.95. The molecule has 1 unspecified atom stereocenters. The third kappa shape index (κ3) is 1.02. The Balaban J connectivity index is 0.000000500. The average molecular weight is 160 g/mol. The third-order valence-electron chi connectivity index (χ3n) is 1.68. The fourth-order valence-electron chi connectivity index (χ4n) is 1.25. The Kier molecular flexibility index (Phi) is 1.97. The van der Waals surface area contributed by atoms with Gasteiger partial charge in [-0.3, -0.25) is 4.68 Å². The van der Waals surface area contributed by atoms with E-state index in [1.165, 1.54) is 5.69 Å². The van der Waals surface area contributed by atoms with E-state index in [1.807, 2.05) is 16.9 Å². The molecule has 2 heterocycles. The van der Waals surface area contributed by atoms with Crippen molar-refractivity contribution in [1.29, 1.82) is 0 Å². The van der Waals surface area contributed by atoms with E-state index in [0.717, 1.165) is 13.0 Å². The van der Waals surface area contributed by atoms with E-state index in [1.54, 1.807) is 0 Å². The maximum absolute atomic E-state index is 5.67. The van der Waals surface area contributed by atoms with Crippen LogP contribution in [0.2, 0.25) is 0 Å². The van der Waals surface area contributed by atoms with Gasteiger partial charge < -0.3 is 5.73 Å². The van der Waals surface area contributed by atoms with Gasteiger partial charge in [0, 0.05) is 24.4 Å². The predicted molar refractivity (Wildman–Crippen MR) is 41.2 cm³/mol. The van der Waals surface area contributed by atoms with Crippen LogP contribution in [0.4, 0.5) is 0 Å². The molecule has 10 heavy (non-hydrogen) atoms. The molecule has 3 nitrogen and oxygen atoms in total. The molecular weight excluding hydrogens is 150 g/mol. The zero-order chi connectivity index (χ0) is 6.27. The molecule has 1 aliphatic rings. The van der Waals surface area contributed by atoms with Crippen LogP contribution in [-0.2, 0) is 13.0 Å². The fraction of sp³-hybridized carbons (Fsp3) is 0.500. The number of fused-ring (bicyclic) bond motifs is 1. The quantitative estimate of drug-likeness (QED) is 0.588. The van der Waals surface area contributed by atoms with Crippen molar-refractivity contribution >= 4 is 12.4 Å². The minimum atomic E-state index is 0. The van der Waals surface area contributed by atoms with Gasteiger partial charge in [0.05, 0.1) is 6.54 Å². The monoisotopic (exact) mass is 159 g/mol. The van der Waals surface area contributed by atoms with Gasteiger partial charge in [-0.15, -0.1) is 12.4 Å². The molecule has 2 rings (SSSR count). The van der Waals surface area contributed by atoms with Crippen molar-refractivity contribution in [2.24, 2.45) is 5.73 Å². The maximum Gasteiger partial charge on any atom is 0.0567 e. The zero-order valence-electron chi connectivity index (χ0n) is 5.53. The normalized spacial score (nSPS) is 21.9. The predicted octanol–water partition coefficient (Wildman–Crippen LogP) is 0.188. The molecule has 1 aromatic rings. The first-order chi connectivity index (χ1) is 4.36. The number of nitrogens with two attached hydrogens (primary N) is 1. The van der Waals surface area contributed by atoms with E-state index < -0.39 is 0 Å². The molecule has 1 aromatic heterocycles. The highest BCUT2D eigenvalue weighted by atomic mass is 35.5. The summed E-state index contributed by atoms with van der Waals surface area (Å²) in [5.74, 6) is 0. The van der Waals surface area contributed by atoms with Crippen molar-refractivity contribution in [3.63, 3.8) is 0 Å². The topological polar surface area (TPSA) is 43.8 Å². The molecule has 0 aromatic carbocycles. The van der Waals surface area contributed by atoms with Crippen molar-refractivity contribution < 1.29 is 0 Å². The van der Waals surface area contributed by atoms with Crippen molar-refractivity contribution in [1.82, 2.24) is 9.78 Å². The summed E-state index contributed by atoms with van der Waals surface area (Å²) in [7, 11) is 0. The number of aromatic nitrogens is 2. The second kappa shape index (κ2) is 2.60.